The van der Waals surface area contributed by atoms with E-state index < -0.39 is 0 Å². The van der Waals surface area contributed by atoms with E-state index in [1.165, 1.54) is 0 Å². The Morgan fingerprint density at radius 2 is 1.72 bits per heavy atom. The van der Waals surface area contributed by atoms with Crippen LogP contribution in [0.2, 0.25) is 0 Å². The third kappa shape index (κ3) is 3.89. The zero-order valence-corrected chi connectivity index (χ0v) is 14.1. The fraction of sp³-hybridized carbons (Fsp3) is 0. The van der Waals surface area contributed by atoms with Gasteiger partial charge in [0.25, 0.3) is 0 Å². The van der Waals surface area contributed by atoms with Crippen molar-refractivity contribution in [1.82, 2.24) is 4.98 Å². The average Bonchev–Trinajstić information content (AvgIpc) is 3.10. The number of nitrogens with zero attached hydrogens (tertiary/aromatic N) is 2. The fourth-order valence-corrected chi connectivity index (χ4v) is 3.15. The summed E-state index contributed by atoms with van der Waals surface area (Å²) in [5.74, 6) is 1.38. The lowest BCUT2D eigenvalue weighted by atomic mass is 10.2. The van der Waals surface area contributed by atoms with Crippen molar-refractivity contribution in [2.45, 2.75) is 9.99 Å². The number of hydrogen-bond donors (Lipinski definition) is 1. The molecule has 2 aromatic heterocycles. The van der Waals surface area contributed by atoms with Crippen LogP contribution in [0.15, 0.2) is 98.4 Å². The second-order valence-corrected chi connectivity index (χ2v) is 6.41. The first kappa shape index (κ1) is 15.5. The number of benzene rings is 2. The molecule has 122 valence electrons. The molecule has 0 atom stereocenters. The summed E-state index contributed by atoms with van der Waals surface area (Å²) in [6.07, 6.45) is 1.64. The number of nitrogens with one attached hydrogen (secondary N) is 1. The summed E-state index contributed by atoms with van der Waals surface area (Å²) >= 11 is 1.58. The molecule has 25 heavy (non-hydrogen) atoms. The molecular weight excluding hydrogens is 330 g/mol. The molecule has 4 rings (SSSR count). The van der Waals surface area contributed by atoms with E-state index in [0.717, 1.165) is 20.9 Å². The second kappa shape index (κ2) is 7.23. The third-order valence-electron chi connectivity index (χ3n) is 3.53. The molecule has 5 heteroatoms. The zero-order valence-electron chi connectivity index (χ0n) is 13.3. The summed E-state index contributed by atoms with van der Waals surface area (Å²) in [4.78, 5) is 5.65. The molecule has 2 aromatic carbocycles. The molecule has 0 radical (unpaired) electrons. The molecule has 0 spiro atoms. The van der Waals surface area contributed by atoms with Gasteiger partial charge in [-0.15, -0.1) is 0 Å². The minimum atomic E-state index is 0.687. The zero-order chi connectivity index (χ0) is 16.9. The molecule has 0 saturated carbocycles. The highest BCUT2D eigenvalue weighted by Gasteiger charge is 2.02. The second-order valence-electron chi connectivity index (χ2n) is 5.33. The first-order chi connectivity index (χ1) is 12.4. The van der Waals surface area contributed by atoms with Crippen molar-refractivity contribution in [2.75, 3.05) is 5.43 Å². The van der Waals surface area contributed by atoms with Crippen molar-refractivity contribution in [1.29, 1.82) is 0 Å². The number of anilines is 1. The Balaban J connectivity index is 1.41. The van der Waals surface area contributed by atoms with Gasteiger partial charge in [0.05, 0.1) is 11.7 Å². The Kier molecular flexibility index (Phi) is 4.48. The maximum Gasteiger partial charge on any atom is 0.165 e. The minimum Gasteiger partial charge on any atom is -0.448 e. The van der Waals surface area contributed by atoms with Gasteiger partial charge in [-0.3, -0.25) is 5.43 Å². The number of para-hydroxylation sites is 1. The lowest BCUT2D eigenvalue weighted by Gasteiger charge is -2.01. The van der Waals surface area contributed by atoms with E-state index in [9.17, 15) is 0 Å². The maximum atomic E-state index is 5.75. The van der Waals surface area contributed by atoms with Crippen LogP contribution in [-0.2, 0) is 0 Å². The highest BCUT2D eigenvalue weighted by molar-refractivity contribution is 7.99. The van der Waals surface area contributed by atoms with Crippen LogP contribution < -0.4 is 5.43 Å². The van der Waals surface area contributed by atoms with Gasteiger partial charge < -0.3 is 4.42 Å². The summed E-state index contributed by atoms with van der Waals surface area (Å²) in [5.41, 5.74) is 3.87. The number of pyridine rings is 1. The molecule has 4 nitrogen and oxygen atoms in total. The number of furan rings is 1. The average molecular weight is 345 g/mol. The highest BCUT2D eigenvalue weighted by atomic mass is 32.2. The van der Waals surface area contributed by atoms with E-state index in [0.29, 0.717) is 11.6 Å². The van der Waals surface area contributed by atoms with Crippen LogP contribution in [-0.4, -0.2) is 11.2 Å². The molecule has 0 fully saturated rings. The summed E-state index contributed by atoms with van der Waals surface area (Å²) in [6, 6.07) is 25.8. The summed E-state index contributed by atoms with van der Waals surface area (Å²) in [5, 5.41) is 6.13. The van der Waals surface area contributed by atoms with E-state index in [1.807, 2.05) is 78.9 Å². The van der Waals surface area contributed by atoms with E-state index in [2.05, 4.69) is 15.5 Å². The molecule has 4 aromatic rings. The highest BCUT2D eigenvalue weighted by Crippen LogP contribution is 2.28. The Morgan fingerprint density at radius 3 is 2.64 bits per heavy atom. The molecule has 1 N–H and O–H groups in total. The molecule has 0 aliphatic heterocycles. The van der Waals surface area contributed by atoms with Gasteiger partial charge >= 0.3 is 0 Å². The van der Waals surface area contributed by atoms with Gasteiger partial charge in [-0.1, -0.05) is 48.2 Å². The largest absolute Gasteiger partial charge is 0.448 e. The molecule has 2 heterocycles. The number of hydrazone groups is 1. The normalized spacial score (nSPS) is 11.2. The van der Waals surface area contributed by atoms with Crippen LogP contribution in [0.25, 0.3) is 10.9 Å². The Bertz CT molecular complexity index is 1010. The number of rotatable bonds is 5. The molecule has 0 aliphatic carbocycles. The SMILES string of the molecule is C(=N/Nc1ccc2ccccc2n1)/c1ccc(Sc2ccccc2)o1. The summed E-state index contributed by atoms with van der Waals surface area (Å²) < 4.78 is 5.75. The number of fused-ring (bicyclic) bond motifs is 1. The molecule has 0 amide bonds. The molecular formula is C20H15N3OS. The monoisotopic (exact) mass is 345 g/mol. The Morgan fingerprint density at radius 1 is 0.880 bits per heavy atom. The third-order valence-corrected chi connectivity index (χ3v) is 4.46. The molecule has 0 unspecified atom stereocenters. The van der Waals surface area contributed by atoms with Crippen LogP contribution in [0.4, 0.5) is 5.82 Å². The van der Waals surface area contributed by atoms with Crippen LogP contribution in [0.3, 0.4) is 0 Å². The van der Waals surface area contributed by atoms with Gasteiger partial charge in [-0.05, 0) is 42.5 Å². The van der Waals surface area contributed by atoms with Gasteiger partial charge in [0.15, 0.2) is 5.09 Å². The summed E-state index contributed by atoms with van der Waals surface area (Å²) in [7, 11) is 0. The van der Waals surface area contributed by atoms with Gasteiger partial charge in [0.2, 0.25) is 0 Å². The smallest absolute Gasteiger partial charge is 0.165 e. The van der Waals surface area contributed by atoms with Crippen LogP contribution in [0.1, 0.15) is 5.76 Å². The quantitative estimate of drug-likeness (QED) is 0.387. The van der Waals surface area contributed by atoms with Crippen molar-refractivity contribution in [3.63, 3.8) is 0 Å². The first-order valence-corrected chi connectivity index (χ1v) is 8.66. The predicted molar refractivity (Wildman–Crippen MR) is 102 cm³/mol. The predicted octanol–water partition coefficient (Wildman–Crippen LogP) is 5.43. The van der Waals surface area contributed by atoms with Gasteiger partial charge in [-0.25, -0.2) is 4.98 Å². The van der Waals surface area contributed by atoms with Crippen molar-refractivity contribution in [2.24, 2.45) is 5.10 Å². The van der Waals surface area contributed by atoms with Crippen molar-refractivity contribution >= 4 is 34.7 Å². The van der Waals surface area contributed by atoms with E-state index >= 15 is 0 Å². The van der Waals surface area contributed by atoms with Crippen LogP contribution in [0.5, 0.6) is 0 Å². The standard InChI is InChI=1S/C20H15N3OS/c1-2-7-17(8-3-1)25-20-13-11-16(24-20)14-21-23-19-12-10-15-6-4-5-9-18(15)22-19/h1-14H,(H,22,23)/b21-14-. The van der Waals surface area contributed by atoms with Gasteiger partial charge in [0.1, 0.15) is 11.6 Å². The van der Waals surface area contributed by atoms with Crippen molar-refractivity contribution < 1.29 is 4.42 Å². The van der Waals surface area contributed by atoms with Crippen molar-refractivity contribution in [3.05, 3.63) is 84.6 Å². The topological polar surface area (TPSA) is 50.4 Å². The van der Waals surface area contributed by atoms with E-state index in [1.54, 1.807) is 18.0 Å². The van der Waals surface area contributed by atoms with Gasteiger partial charge in [0, 0.05) is 10.3 Å². The number of hydrogen-bond acceptors (Lipinski definition) is 5. The molecule has 0 bridgehead atoms. The number of aromatic nitrogens is 1. The first-order valence-electron chi connectivity index (χ1n) is 7.84. The lowest BCUT2D eigenvalue weighted by Crippen LogP contribution is -1.93. The van der Waals surface area contributed by atoms with Crippen LogP contribution in [0, 0.1) is 0 Å². The fourth-order valence-electron chi connectivity index (χ4n) is 2.35. The molecule has 0 saturated heterocycles. The van der Waals surface area contributed by atoms with Gasteiger partial charge in [-0.2, -0.15) is 5.10 Å². The molecule has 0 aliphatic rings. The van der Waals surface area contributed by atoms with E-state index in [4.69, 9.17) is 4.42 Å². The Labute approximate surface area is 149 Å². The lowest BCUT2D eigenvalue weighted by molar-refractivity contribution is 0.469. The maximum absolute atomic E-state index is 5.75. The van der Waals surface area contributed by atoms with Crippen molar-refractivity contribution in [3.8, 4) is 0 Å². The van der Waals surface area contributed by atoms with E-state index in [-0.39, 0.29) is 0 Å². The minimum absolute atomic E-state index is 0.687. The van der Waals surface area contributed by atoms with Crippen LogP contribution >= 0.6 is 11.8 Å². The Hall–Kier alpha value is -3.05. The summed E-state index contributed by atoms with van der Waals surface area (Å²) in [6.45, 7) is 0.